The molecule has 0 aliphatic heterocycles. The molecule has 3 aromatic carbocycles. The highest BCUT2D eigenvalue weighted by molar-refractivity contribution is 5.94. The maximum atomic E-state index is 12.5. The fourth-order valence-electron chi connectivity index (χ4n) is 2.61. The third-order valence-corrected chi connectivity index (χ3v) is 4.09. The zero-order valence-corrected chi connectivity index (χ0v) is 15.9. The molecule has 144 valence electrons. The molecule has 1 unspecified atom stereocenters. The molecule has 1 atom stereocenters. The standard InChI is InChI=1S/C23H23NO4/c1-17(28-22-14-7-6-13-21(22)26-2)23(25)24-19-11-8-12-20(15-19)27-16-18-9-4-3-5-10-18/h3-15,17H,16H2,1-2H3,(H,24,25). The number of amides is 1. The number of methoxy groups -OCH3 is 1. The number of carbonyl (C=O) groups is 1. The monoisotopic (exact) mass is 377 g/mol. The van der Waals surface area contributed by atoms with Crippen LogP contribution in [0.4, 0.5) is 5.69 Å². The fourth-order valence-corrected chi connectivity index (χ4v) is 2.61. The highest BCUT2D eigenvalue weighted by Crippen LogP contribution is 2.27. The molecule has 3 aromatic rings. The average molecular weight is 377 g/mol. The minimum atomic E-state index is -0.690. The highest BCUT2D eigenvalue weighted by Gasteiger charge is 2.17. The van der Waals surface area contributed by atoms with Crippen LogP contribution in [0.5, 0.6) is 17.2 Å². The lowest BCUT2D eigenvalue weighted by Gasteiger charge is -2.17. The van der Waals surface area contributed by atoms with Gasteiger partial charge in [0.05, 0.1) is 7.11 Å². The van der Waals surface area contributed by atoms with Gasteiger partial charge in [0, 0.05) is 11.8 Å². The average Bonchev–Trinajstić information content (AvgIpc) is 2.73. The summed E-state index contributed by atoms with van der Waals surface area (Å²) in [4.78, 5) is 12.5. The number of nitrogens with one attached hydrogen (secondary N) is 1. The smallest absolute Gasteiger partial charge is 0.265 e. The summed E-state index contributed by atoms with van der Waals surface area (Å²) >= 11 is 0. The molecule has 0 bridgehead atoms. The van der Waals surface area contributed by atoms with Crippen molar-refractivity contribution in [3.05, 3.63) is 84.4 Å². The van der Waals surface area contributed by atoms with Gasteiger partial charge in [-0.15, -0.1) is 0 Å². The van der Waals surface area contributed by atoms with E-state index in [9.17, 15) is 4.79 Å². The molecule has 1 amide bonds. The normalized spacial score (nSPS) is 11.4. The van der Waals surface area contributed by atoms with Gasteiger partial charge in [0.2, 0.25) is 0 Å². The van der Waals surface area contributed by atoms with E-state index < -0.39 is 6.10 Å². The van der Waals surface area contributed by atoms with Gasteiger partial charge in [0.1, 0.15) is 12.4 Å². The first-order valence-electron chi connectivity index (χ1n) is 9.03. The van der Waals surface area contributed by atoms with Gasteiger partial charge in [-0.25, -0.2) is 0 Å². The van der Waals surface area contributed by atoms with E-state index in [4.69, 9.17) is 14.2 Å². The van der Waals surface area contributed by atoms with Crippen molar-refractivity contribution in [2.24, 2.45) is 0 Å². The minimum absolute atomic E-state index is 0.258. The van der Waals surface area contributed by atoms with Crippen molar-refractivity contribution >= 4 is 11.6 Å². The molecule has 28 heavy (non-hydrogen) atoms. The largest absolute Gasteiger partial charge is 0.493 e. The molecule has 0 radical (unpaired) electrons. The third kappa shape index (κ3) is 5.27. The number of para-hydroxylation sites is 2. The number of anilines is 1. The van der Waals surface area contributed by atoms with E-state index in [0.717, 1.165) is 5.56 Å². The van der Waals surface area contributed by atoms with Crippen LogP contribution < -0.4 is 19.5 Å². The first-order chi connectivity index (χ1) is 13.7. The van der Waals surface area contributed by atoms with Crippen LogP contribution in [0.15, 0.2) is 78.9 Å². The molecule has 5 nitrogen and oxygen atoms in total. The van der Waals surface area contributed by atoms with Crippen LogP contribution in [0.1, 0.15) is 12.5 Å². The van der Waals surface area contributed by atoms with Crippen molar-refractivity contribution in [2.75, 3.05) is 12.4 Å². The predicted octanol–water partition coefficient (Wildman–Crippen LogP) is 4.68. The molecule has 0 spiro atoms. The number of benzene rings is 3. The lowest BCUT2D eigenvalue weighted by atomic mass is 10.2. The van der Waals surface area contributed by atoms with E-state index in [-0.39, 0.29) is 5.91 Å². The Morgan fingerprint density at radius 1 is 0.929 bits per heavy atom. The number of rotatable bonds is 8. The third-order valence-electron chi connectivity index (χ3n) is 4.09. The predicted molar refractivity (Wildman–Crippen MR) is 109 cm³/mol. The molecule has 0 saturated heterocycles. The van der Waals surface area contributed by atoms with Crippen LogP contribution in [0, 0.1) is 0 Å². The van der Waals surface area contributed by atoms with Gasteiger partial charge in [-0.05, 0) is 36.8 Å². The summed E-state index contributed by atoms with van der Waals surface area (Å²) in [6.07, 6.45) is -0.690. The highest BCUT2D eigenvalue weighted by atomic mass is 16.5. The van der Waals surface area contributed by atoms with E-state index in [1.807, 2.05) is 60.7 Å². The maximum absolute atomic E-state index is 12.5. The number of ether oxygens (including phenoxy) is 3. The maximum Gasteiger partial charge on any atom is 0.265 e. The van der Waals surface area contributed by atoms with Crippen LogP contribution in [0.25, 0.3) is 0 Å². The lowest BCUT2D eigenvalue weighted by molar-refractivity contribution is -0.122. The Labute approximate surface area is 164 Å². The lowest BCUT2D eigenvalue weighted by Crippen LogP contribution is -2.30. The zero-order chi connectivity index (χ0) is 19.8. The number of carbonyl (C=O) groups excluding carboxylic acids is 1. The summed E-state index contributed by atoms with van der Waals surface area (Å²) in [6.45, 7) is 2.16. The van der Waals surface area contributed by atoms with Crippen molar-refractivity contribution in [3.8, 4) is 17.2 Å². The summed E-state index contributed by atoms with van der Waals surface area (Å²) in [7, 11) is 1.56. The summed E-state index contributed by atoms with van der Waals surface area (Å²) in [6, 6.07) is 24.4. The van der Waals surface area contributed by atoms with Gasteiger partial charge in [0.25, 0.3) is 5.91 Å². The van der Waals surface area contributed by atoms with Gasteiger partial charge >= 0.3 is 0 Å². The molecular formula is C23H23NO4. The molecule has 0 fully saturated rings. The Morgan fingerprint density at radius 3 is 2.39 bits per heavy atom. The first kappa shape index (κ1) is 19.3. The van der Waals surface area contributed by atoms with Gasteiger partial charge in [-0.1, -0.05) is 48.5 Å². The van der Waals surface area contributed by atoms with E-state index >= 15 is 0 Å². The van der Waals surface area contributed by atoms with E-state index in [2.05, 4.69) is 5.32 Å². The Bertz CT molecular complexity index is 911. The fraction of sp³-hybridized carbons (Fsp3) is 0.174. The molecule has 3 rings (SSSR count). The Morgan fingerprint density at radius 2 is 1.64 bits per heavy atom. The molecule has 0 saturated carbocycles. The second kappa shape index (κ2) is 9.46. The minimum Gasteiger partial charge on any atom is -0.493 e. The van der Waals surface area contributed by atoms with Gasteiger partial charge < -0.3 is 19.5 Å². The molecule has 0 heterocycles. The number of hydrogen-bond acceptors (Lipinski definition) is 4. The van der Waals surface area contributed by atoms with Crippen molar-refractivity contribution in [1.29, 1.82) is 0 Å². The van der Waals surface area contributed by atoms with Crippen LogP contribution in [0.3, 0.4) is 0 Å². The summed E-state index contributed by atoms with van der Waals surface area (Å²) in [5.41, 5.74) is 1.72. The molecule has 5 heteroatoms. The molecular weight excluding hydrogens is 354 g/mol. The van der Waals surface area contributed by atoms with Crippen molar-refractivity contribution in [2.45, 2.75) is 19.6 Å². The van der Waals surface area contributed by atoms with Gasteiger partial charge in [-0.3, -0.25) is 4.79 Å². The van der Waals surface area contributed by atoms with Crippen LogP contribution in [-0.4, -0.2) is 19.1 Å². The van der Waals surface area contributed by atoms with E-state index in [1.54, 1.807) is 32.2 Å². The van der Waals surface area contributed by atoms with Crippen LogP contribution in [0.2, 0.25) is 0 Å². The Hall–Kier alpha value is -3.47. The summed E-state index contributed by atoms with van der Waals surface area (Å²) in [5, 5.41) is 2.85. The van der Waals surface area contributed by atoms with Crippen molar-refractivity contribution < 1.29 is 19.0 Å². The zero-order valence-electron chi connectivity index (χ0n) is 15.9. The number of hydrogen-bond donors (Lipinski definition) is 1. The van der Waals surface area contributed by atoms with Crippen LogP contribution >= 0.6 is 0 Å². The summed E-state index contributed by atoms with van der Waals surface area (Å²) < 4.78 is 16.8. The molecule has 0 aliphatic rings. The molecule has 0 aromatic heterocycles. The first-order valence-corrected chi connectivity index (χ1v) is 9.03. The second-order valence-electron chi connectivity index (χ2n) is 6.20. The van der Waals surface area contributed by atoms with Crippen molar-refractivity contribution in [3.63, 3.8) is 0 Å². The molecule has 0 aliphatic carbocycles. The van der Waals surface area contributed by atoms with E-state index in [0.29, 0.717) is 29.5 Å². The Balaban J connectivity index is 1.59. The van der Waals surface area contributed by atoms with Gasteiger partial charge in [0.15, 0.2) is 17.6 Å². The topological polar surface area (TPSA) is 56.8 Å². The second-order valence-corrected chi connectivity index (χ2v) is 6.20. The van der Waals surface area contributed by atoms with E-state index in [1.165, 1.54) is 0 Å². The molecule has 1 N–H and O–H groups in total. The quantitative estimate of drug-likeness (QED) is 0.619. The van der Waals surface area contributed by atoms with Crippen LogP contribution in [-0.2, 0) is 11.4 Å². The van der Waals surface area contributed by atoms with Gasteiger partial charge in [-0.2, -0.15) is 0 Å². The Kier molecular flexibility index (Phi) is 6.52. The van der Waals surface area contributed by atoms with Crippen molar-refractivity contribution in [1.82, 2.24) is 0 Å². The SMILES string of the molecule is COc1ccccc1OC(C)C(=O)Nc1cccc(OCc2ccccc2)c1. The summed E-state index contributed by atoms with van der Waals surface area (Å²) in [5.74, 6) is 1.53.